The van der Waals surface area contributed by atoms with Crippen molar-refractivity contribution in [3.8, 4) is 0 Å². The van der Waals surface area contributed by atoms with E-state index in [0.29, 0.717) is 6.42 Å². The van der Waals surface area contributed by atoms with Crippen molar-refractivity contribution in [3.63, 3.8) is 0 Å². The van der Waals surface area contributed by atoms with E-state index in [-0.39, 0.29) is 11.9 Å². The minimum absolute atomic E-state index is 0.0633. The molecule has 1 unspecified atom stereocenters. The summed E-state index contributed by atoms with van der Waals surface area (Å²) in [4.78, 5) is 11.4. The van der Waals surface area contributed by atoms with Gasteiger partial charge in [-0.15, -0.1) is 6.58 Å². The SMILES string of the molecule is C=CC(C)NC(=O)CCC1=CCCC=C1. The number of allylic oxidation sites excluding steroid dienone is 4. The monoisotopic (exact) mass is 205 g/mol. The van der Waals surface area contributed by atoms with Gasteiger partial charge in [-0.1, -0.05) is 29.9 Å². The fourth-order valence-corrected chi connectivity index (χ4v) is 1.50. The Kier molecular flexibility index (Phi) is 4.88. The zero-order valence-electron chi connectivity index (χ0n) is 9.33. The van der Waals surface area contributed by atoms with Crippen molar-refractivity contribution in [2.75, 3.05) is 0 Å². The van der Waals surface area contributed by atoms with Crippen molar-refractivity contribution in [3.05, 3.63) is 36.5 Å². The summed E-state index contributed by atoms with van der Waals surface area (Å²) < 4.78 is 0. The summed E-state index contributed by atoms with van der Waals surface area (Å²) in [6.45, 7) is 5.55. The van der Waals surface area contributed by atoms with Crippen molar-refractivity contribution in [1.29, 1.82) is 0 Å². The van der Waals surface area contributed by atoms with Crippen molar-refractivity contribution < 1.29 is 4.79 Å². The third-order valence-corrected chi connectivity index (χ3v) is 2.45. The zero-order valence-corrected chi connectivity index (χ0v) is 9.33. The van der Waals surface area contributed by atoms with Crippen LogP contribution in [0.4, 0.5) is 0 Å². The first kappa shape index (κ1) is 11.8. The molecule has 0 heterocycles. The Bertz CT molecular complexity index is 289. The molecule has 1 atom stereocenters. The highest BCUT2D eigenvalue weighted by atomic mass is 16.1. The van der Waals surface area contributed by atoms with Gasteiger partial charge in [-0.3, -0.25) is 4.79 Å². The van der Waals surface area contributed by atoms with Crippen molar-refractivity contribution in [2.24, 2.45) is 0 Å². The van der Waals surface area contributed by atoms with Gasteiger partial charge in [0.05, 0.1) is 0 Å². The van der Waals surface area contributed by atoms with E-state index in [0.717, 1.165) is 19.3 Å². The van der Waals surface area contributed by atoms with Gasteiger partial charge >= 0.3 is 0 Å². The molecule has 1 aliphatic carbocycles. The summed E-state index contributed by atoms with van der Waals surface area (Å²) in [5.41, 5.74) is 1.28. The van der Waals surface area contributed by atoms with Crippen LogP contribution in [0.1, 0.15) is 32.6 Å². The van der Waals surface area contributed by atoms with Crippen LogP contribution in [0.5, 0.6) is 0 Å². The average molecular weight is 205 g/mol. The number of carbonyl (C=O) groups excluding carboxylic acids is 1. The summed E-state index contributed by atoms with van der Waals surface area (Å²) in [7, 11) is 0. The third kappa shape index (κ3) is 4.63. The Morgan fingerprint density at radius 1 is 1.67 bits per heavy atom. The number of carbonyl (C=O) groups is 1. The third-order valence-electron chi connectivity index (χ3n) is 2.45. The van der Waals surface area contributed by atoms with Gasteiger partial charge in [0.1, 0.15) is 0 Å². The molecule has 0 radical (unpaired) electrons. The van der Waals surface area contributed by atoms with Gasteiger partial charge in [-0.2, -0.15) is 0 Å². The molecule has 2 nitrogen and oxygen atoms in total. The summed E-state index contributed by atoms with van der Waals surface area (Å²) in [6, 6.07) is 0.0633. The average Bonchev–Trinajstić information content (AvgIpc) is 2.27. The lowest BCUT2D eigenvalue weighted by molar-refractivity contribution is -0.121. The Balaban J connectivity index is 2.24. The Labute approximate surface area is 91.8 Å². The van der Waals surface area contributed by atoms with E-state index < -0.39 is 0 Å². The number of hydrogen-bond donors (Lipinski definition) is 1. The molecular formula is C13H19NO. The molecule has 2 heteroatoms. The van der Waals surface area contributed by atoms with E-state index in [1.165, 1.54) is 5.57 Å². The second-order valence-corrected chi connectivity index (χ2v) is 3.85. The van der Waals surface area contributed by atoms with Crippen LogP contribution in [0.15, 0.2) is 36.5 Å². The molecule has 15 heavy (non-hydrogen) atoms. The molecule has 1 amide bonds. The van der Waals surface area contributed by atoms with Gasteiger partial charge in [0.25, 0.3) is 0 Å². The van der Waals surface area contributed by atoms with Gasteiger partial charge in [0, 0.05) is 12.5 Å². The van der Waals surface area contributed by atoms with Crippen LogP contribution in [0, 0.1) is 0 Å². The second kappa shape index (κ2) is 6.23. The highest BCUT2D eigenvalue weighted by molar-refractivity contribution is 5.76. The van der Waals surface area contributed by atoms with E-state index >= 15 is 0 Å². The minimum atomic E-state index is 0.0633. The molecule has 0 saturated carbocycles. The van der Waals surface area contributed by atoms with Gasteiger partial charge in [0.15, 0.2) is 0 Å². The van der Waals surface area contributed by atoms with Gasteiger partial charge in [-0.25, -0.2) is 0 Å². The summed E-state index contributed by atoms with van der Waals surface area (Å²) >= 11 is 0. The molecular weight excluding hydrogens is 186 g/mol. The molecule has 0 aromatic rings. The predicted octanol–water partition coefficient (Wildman–Crippen LogP) is 2.73. The molecule has 0 bridgehead atoms. The van der Waals surface area contributed by atoms with Crippen LogP contribution in [-0.2, 0) is 4.79 Å². The second-order valence-electron chi connectivity index (χ2n) is 3.85. The standard InChI is InChI=1S/C13H19NO/c1-3-11(2)14-13(15)10-9-12-7-5-4-6-8-12/h3,5,7-8,11H,1,4,6,9-10H2,2H3,(H,14,15). The van der Waals surface area contributed by atoms with E-state index in [4.69, 9.17) is 0 Å². The molecule has 82 valence electrons. The molecule has 0 aromatic carbocycles. The Morgan fingerprint density at radius 2 is 2.47 bits per heavy atom. The smallest absolute Gasteiger partial charge is 0.220 e. The fourth-order valence-electron chi connectivity index (χ4n) is 1.50. The predicted molar refractivity (Wildman–Crippen MR) is 63.5 cm³/mol. The van der Waals surface area contributed by atoms with Crippen molar-refractivity contribution in [1.82, 2.24) is 5.32 Å². The lowest BCUT2D eigenvalue weighted by Crippen LogP contribution is -2.30. The molecule has 1 N–H and O–H groups in total. The fraction of sp³-hybridized carbons (Fsp3) is 0.462. The van der Waals surface area contributed by atoms with Crippen LogP contribution in [0.3, 0.4) is 0 Å². The van der Waals surface area contributed by atoms with E-state index in [1.54, 1.807) is 6.08 Å². The maximum atomic E-state index is 11.4. The van der Waals surface area contributed by atoms with Crippen molar-refractivity contribution in [2.45, 2.75) is 38.6 Å². The van der Waals surface area contributed by atoms with Gasteiger partial charge in [0.2, 0.25) is 5.91 Å². The van der Waals surface area contributed by atoms with Crippen LogP contribution in [0.2, 0.25) is 0 Å². The summed E-state index contributed by atoms with van der Waals surface area (Å²) in [5, 5.41) is 2.86. The molecule has 0 saturated heterocycles. The van der Waals surface area contributed by atoms with E-state index in [2.05, 4.69) is 30.1 Å². The number of amides is 1. The van der Waals surface area contributed by atoms with Crippen molar-refractivity contribution >= 4 is 5.91 Å². The van der Waals surface area contributed by atoms with Crippen LogP contribution in [0.25, 0.3) is 0 Å². The van der Waals surface area contributed by atoms with Crippen LogP contribution >= 0.6 is 0 Å². The largest absolute Gasteiger partial charge is 0.350 e. The van der Waals surface area contributed by atoms with Gasteiger partial charge in [-0.05, 0) is 26.2 Å². The number of hydrogen-bond acceptors (Lipinski definition) is 1. The molecule has 0 aromatic heterocycles. The van der Waals surface area contributed by atoms with E-state index in [9.17, 15) is 4.79 Å². The Hall–Kier alpha value is -1.31. The number of nitrogens with one attached hydrogen (secondary N) is 1. The highest BCUT2D eigenvalue weighted by Gasteiger charge is 2.05. The molecule has 1 rings (SSSR count). The normalized spacial score (nSPS) is 16.7. The number of rotatable bonds is 5. The molecule has 0 spiro atoms. The first-order valence-corrected chi connectivity index (χ1v) is 5.50. The first-order chi connectivity index (χ1) is 7.22. The topological polar surface area (TPSA) is 29.1 Å². The molecule has 1 aliphatic rings. The maximum absolute atomic E-state index is 11.4. The Morgan fingerprint density at radius 3 is 3.07 bits per heavy atom. The molecule has 0 fully saturated rings. The molecule has 0 aliphatic heterocycles. The zero-order chi connectivity index (χ0) is 11.1. The summed E-state index contributed by atoms with van der Waals surface area (Å²) in [5.74, 6) is 0.0993. The maximum Gasteiger partial charge on any atom is 0.220 e. The van der Waals surface area contributed by atoms with E-state index in [1.807, 2.05) is 6.92 Å². The highest BCUT2D eigenvalue weighted by Crippen LogP contribution is 2.14. The summed E-state index contributed by atoms with van der Waals surface area (Å²) in [6.07, 6.45) is 11.9. The first-order valence-electron chi connectivity index (χ1n) is 5.50. The van der Waals surface area contributed by atoms with Crippen LogP contribution < -0.4 is 5.32 Å². The van der Waals surface area contributed by atoms with Crippen LogP contribution in [-0.4, -0.2) is 11.9 Å². The van der Waals surface area contributed by atoms with Gasteiger partial charge < -0.3 is 5.32 Å². The quantitative estimate of drug-likeness (QED) is 0.687. The minimum Gasteiger partial charge on any atom is -0.350 e. The lowest BCUT2D eigenvalue weighted by atomic mass is 10.0. The lowest BCUT2D eigenvalue weighted by Gasteiger charge is -2.10.